The molecule has 0 aliphatic carbocycles. The SMILES string of the molecule is CCC(C)Nc1cnc(C(=O)Nc2cc(C(F)(F)F)ccc2Cl)cn1. The Bertz CT molecular complexity index is 750. The Morgan fingerprint density at radius 1 is 1.28 bits per heavy atom. The fourth-order valence-corrected chi connectivity index (χ4v) is 2.02. The number of aromatic nitrogens is 2. The van der Waals surface area contributed by atoms with Gasteiger partial charge in [0.1, 0.15) is 11.5 Å². The lowest BCUT2D eigenvalue weighted by Gasteiger charge is -2.12. The molecule has 2 aromatic rings. The van der Waals surface area contributed by atoms with Crippen LogP contribution in [0.2, 0.25) is 5.02 Å². The van der Waals surface area contributed by atoms with Crippen LogP contribution in [-0.2, 0) is 6.18 Å². The van der Waals surface area contributed by atoms with Gasteiger partial charge >= 0.3 is 6.18 Å². The highest BCUT2D eigenvalue weighted by atomic mass is 35.5. The van der Waals surface area contributed by atoms with Gasteiger partial charge in [0.05, 0.1) is 28.7 Å². The zero-order chi connectivity index (χ0) is 18.6. The van der Waals surface area contributed by atoms with Gasteiger partial charge in [-0.3, -0.25) is 4.79 Å². The summed E-state index contributed by atoms with van der Waals surface area (Å²) in [5.41, 5.74) is -1.10. The van der Waals surface area contributed by atoms with Crippen molar-refractivity contribution in [3.8, 4) is 0 Å². The number of hydrogen-bond acceptors (Lipinski definition) is 4. The first kappa shape index (κ1) is 19.0. The molecule has 0 radical (unpaired) electrons. The fourth-order valence-electron chi connectivity index (χ4n) is 1.86. The standard InChI is InChI=1S/C16H16ClF3N4O/c1-3-9(2)23-14-8-21-13(7-22-14)15(25)24-12-6-10(16(18,19)20)4-5-11(12)17/h4-9H,3H2,1-2H3,(H,22,23)(H,24,25). The number of anilines is 2. The van der Waals surface area contributed by atoms with Crippen LogP contribution in [0.1, 0.15) is 36.3 Å². The maximum atomic E-state index is 12.8. The molecule has 0 saturated heterocycles. The summed E-state index contributed by atoms with van der Waals surface area (Å²) in [6.45, 7) is 3.98. The molecule has 0 saturated carbocycles. The van der Waals surface area contributed by atoms with E-state index in [2.05, 4.69) is 20.6 Å². The monoisotopic (exact) mass is 372 g/mol. The fraction of sp³-hybridized carbons (Fsp3) is 0.312. The summed E-state index contributed by atoms with van der Waals surface area (Å²) in [6, 6.07) is 2.88. The number of alkyl halides is 3. The van der Waals surface area contributed by atoms with E-state index in [1.807, 2.05) is 13.8 Å². The molecule has 0 aliphatic heterocycles. The molecule has 5 nitrogen and oxygen atoms in total. The highest BCUT2D eigenvalue weighted by Crippen LogP contribution is 2.33. The largest absolute Gasteiger partial charge is 0.416 e. The van der Waals surface area contributed by atoms with Crippen molar-refractivity contribution < 1.29 is 18.0 Å². The van der Waals surface area contributed by atoms with Gasteiger partial charge in [-0.25, -0.2) is 9.97 Å². The van der Waals surface area contributed by atoms with Gasteiger partial charge in [-0.05, 0) is 31.5 Å². The van der Waals surface area contributed by atoms with Crippen molar-refractivity contribution in [2.45, 2.75) is 32.5 Å². The van der Waals surface area contributed by atoms with Crippen molar-refractivity contribution in [3.63, 3.8) is 0 Å². The van der Waals surface area contributed by atoms with Crippen LogP contribution in [0, 0.1) is 0 Å². The first-order valence-corrected chi connectivity index (χ1v) is 7.85. The molecule has 2 N–H and O–H groups in total. The van der Waals surface area contributed by atoms with E-state index in [-0.39, 0.29) is 22.4 Å². The molecule has 9 heteroatoms. The maximum absolute atomic E-state index is 12.8. The lowest BCUT2D eigenvalue weighted by molar-refractivity contribution is -0.137. The third kappa shape index (κ3) is 5.06. The summed E-state index contributed by atoms with van der Waals surface area (Å²) in [6.07, 6.45) is -1.03. The van der Waals surface area contributed by atoms with Crippen molar-refractivity contribution in [1.82, 2.24) is 9.97 Å². The Morgan fingerprint density at radius 2 is 2.00 bits per heavy atom. The molecule has 0 fully saturated rings. The Morgan fingerprint density at radius 3 is 2.56 bits per heavy atom. The molecule has 1 unspecified atom stereocenters. The van der Waals surface area contributed by atoms with Gasteiger partial charge in [0.25, 0.3) is 5.91 Å². The van der Waals surface area contributed by atoms with E-state index in [0.29, 0.717) is 5.82 Å². The molecule has 1 aromatic carbocycles. The Balaban J connectivity index is 2.14. The Labute approximate surface area is 147 Å². The van der Waals surface area contributed by atoms with E-state index in [1.165, 1.54) is 12.4 Å². The molecular weight excluding hydrogens is 357 g/mol. The van der Waals surface area contributed by atoms with Crippen LogP contribution in [-0.4, -0.2) is 21.9 Å². The second-order valence-electron chi connectivity index (χ2n) is 5.39. The molecule has 2 rings (SSSR count). The average molecular weight is 373 g/mol. The minimum atomic E-state index is -4.53. The zero-order valence-corrected chi connectivity index (χ0v) is 14.2. The van der Waals surface area contributed by atoms with Gasteiger partial charge in [-0.1, -0.05) is 18.5 Å². The smallest absolute Gasteiger partial charge is 0.366 e. The molecule has 1 atom stereocenters. The summed E-state index contributed by atoms with van der Waals surface area (Å²) in [7, 11) is 0. The maximum Gasteiger partial charge on any atom is 0.416 e. The Hall–Kier alpha value is -2.35. The van der Waals surface area contributed by atoms with Crippen molar-refractivity contribution in [2.75, 3.05) is 10.6 Å². The van der Waals surface area contributed by atoms with E-state index >= 15 is 0 Å². The molecule has 0 bridgehead atoms. The van der Waals surface area contributed by atoms with Gasteiger partial charge in [0.15, 0.2) is 0 Å². The minimum absolute atomic E-state index is 0.00985. The summed E-state index contributed by atoms with van der Waals surface area (Å²) >= 11 is 5.85. The van der Waals surface area contributed by atoms with Gasteiger partial charge in [-0.15, -0.1) is 0 Å². The highest BCUT2D eigenvalue weighted by Gasteiger charge is 2.31. The number of nitrogens with zero attached hydrogens (tertiary/aromatic N) is 2. The minimum Gasteiger partial charge on any atom is -0.366 e. The highest BCUT2D eigenvalue weighted by molar-refractivity contribution is 6.33. The zero-order valence-electron chi connectivity index (χ0n) is 13.5. The summed E-state index contributed by atoms with van der Waals surface area (Å²) in [5.74, 6) is -0.202. The number of benzene rings is 1. The summed E-state index contributed by atoms with van der Waals surface area (Å²) < 4.78 is 38.3. The van der Waals surface area contributed by atoms with E-state index in [0.717, 1.165) is 24.6 Å². The van der Waals surface area contributed by atoms with Gasteiger partial charge in [0, 0.05) is 6.04 Å². The number of halogens is 4. The third-order valence-corrected chi connectivity index (χ3v) is 3.76. The molecule has 1 aromatic heterocycles. The Kier molecular flexibility index (Phi) is 5.84. The van der Waals surface area contributed by atoms with Crippen LogP contribution in [0.15, 0.2) is 30.6 Å². The van der Waals surface area contributed by atoms with E-state index in [1.54, 1.807) is 0 Å². The molecule has 25 heavy (non-hydrogen) atoms. The third-order valence-electron chi connectivity index (χ3n) is 3.43. The average Bonchev–Trinajstić information content (AvgIpc) is 2.56. The topological polar surface area (TPSA) is 66.9 Å². The molecule has 134 valence electrons. The van der Waals surface area contributed by atoms with Crippen molar-refractivity contribution in [2.24, 2.45) is 0 Å². The first-order valence-electron chi connectivity index (χ1n) is 7.47. The number of nitrogens with one attached hydrogen (secondary N) is 2. The number of carbonyl (C=O) groups is 1. The van der Waals surface area contributed by atoms with Crippen LogP contribution < -0.4 is 10.6 Å². The first-order chi connectivity index (χ1) is 11.7. The van der Waals surface area contributed by atoms with Crippen LogP contribution in [0.3, 0.4) is 0 Å². The molecule has 1 heterocycles. The van der Waals surface area contributed by atoms with Crippen molar-refractivity contribution >= 4 is 29.0 Å². The molecule has 0 spiro atoms. The molecular formula is C16H16ClF3N4O. The van der Waals surface area contributed by atoms with Gasteiger partial charge in [-0.2, -0.15) is 13.2 Å². The van der Waals surface area contributed by atoms with E-state index in [9.17, 15) is 18.0 Å². The van der Waals surface area contributed by atoms with Crippen LogP contribution in [0.5, 0.6) is 0 Å². The van der Waals surface area contributed by atoms with Crippen LogP contribution >= 0.6 is 11.6 Å². The van der Waals surface area contributed by atoms with E-state index < -0.39 is 17.6 Å². The summed E-state index contributed by atoms with van der Waals surface area (Å²) in [5, 5.41) is 5.40. The van der Waals surface area contributed by atoms with Gasteiger partial charge < -0.3 is 10.6 Å². The van der Waals surface area contributed by atoms with Gasteiger partial charge in [0.2, 0.25) is 0 Å². The van der Waals surface area contributed by atoms with Crippen molar-refractivity contribution in [3.05, 3.63) is 46.9 Å². The normalized spacial score (nSPS) is 12.6. The number of carbonyl (C=O) groups excluding carboxylic acids is 1. The molecule has 1 amide bonds. The van der Waals surface area contributed by atoms with Crippen LogP contribution in [0.25, 0.3) is 0 Å². The lowest BCUT2D eigenvalue weighted by atomic mass is 10.2. The molecule has 0 aliphatic rings. The predicted molar refractivity (Wildman–Crippen MR) is 89.8 cm³/mol. The number of rotatable bonds is 5. The number of hydrogen-bond donors (Lipinski definition) is 2. The predicted octanol–water partition coefficient (Wildman–Crippen LogP) is 4.61. The van der Waals surface area contributed by atoms with Crippen molar-refractivity contribution in [1.29, 1.82) is 0 Å². The number of amides is 1. The summed E-state index contributed by atoms with van der Waals surface area (Å²) in [4.78, 5) is 20.2. The second kappa shape index (κ2) is 7.69. The second-order valence-corrected chi connectivity index (χ2v) is 5.79. The van der Waals surface area contributed by atoms with E-state index in [4.69, 9.17) is 11.6 Å². The quantitative estimate of drug-likeness (QED) is 0.804. The van der Waals surface area contributed by atoms with Crippen LogP contribution in [0.4, 0.5) is 24.7 Å². The lowest BCUT2D eigenvalue weighted by Crippen LogP contribution is -2.17.